The molecule has 0 unspecified atom stereocenters. The highest BCUT2D eigenvalue weighted by molar-refractivity contribution is 6.31. The van der Waals surface area contributed by atoms with Crippen molar-refractivity contribution in [1.82, 2.24) is 0 Å². The number of hydrogen-bond donors (Lipinski definition) is 1. The van der Waals surface area contributed by atoms with E-state index in [1.807, 2.05) is 0 Å². The van der Waals surface area contributed by atoms with Crippen LogP contribution in [-0.2, 0) is 6.18 Å². The van der Waals surface area contributed by atoms with E-state index in [2.05, 4.69) is 4.99 Å². The molecule has 0 amide bonds. The van der Waals surface area contributed by atoms with Gasteiger partial charge in [-0.15, -0.1) is 0 Å². The molecule has 0 aliphatic carbocycles. The van der Waals surface area contributed by atoms with E-state index < -0.39 is 11.7 Å². The largest absolute Gasteiger partial charge is 0.417 e. The Balaban J connectivity index is 3.18. The molecule has 0 saturated heterocycles. The maximum absolute atomic E-state index is 12.5. The van der Waals surface area contributed by atoms with Gasteiger partial charge in [0.25, 0.3) is 0 Å². The van der Waals surface area contributed by atoms with E-state index in [-0.39, 0.29) is 16.5 Å². The van der Waals surface area contributed by atoms with E-state index in [1.54, 1.807) is 6.92 Å². The fourth-order valence-electron chi connectivity index (χ4n) is 1.04. The lowest BCUT2D eigenvalue weighted by molar-refractivity contribution is -0.137. The number of rotatable bonds is 2. The molecule has 0 fully saturated rings. The lowest BCUT2D eigenvalue weighted by Gasteiger charge is -2.09. The van der Waals surface area contributed by atoms with Gasteiger partial charge < -0.3 is 5.73 Å². The molecular formula is C10H10ClF3N2. The maximum atomic E-state index is 12.5. The lowest BCUT2D eigenvalue weighted by atomic mass is 10.2. The molecule has 0 aliphatic heterocycles. The van der Waals surface area contributed by atoms with Gasteiger partial charge in [-0.2, -0.15) is 13.2 Å². The summed E-state index contributed by atoms with van der Waals surface area (Å²) in [6.45, 7) is 1.76. The van der Waals surface area contributed by atoms with Gasteiger partial charge in [-0.05, 0) is 18.2 Å². The molecule has 0 atom stereocenters. The minimum absolute atomic E-state index is 0.149. The number of nitrogens with two attached hydrogens (primary N) is 1. The number of halogens is 4. The first-order valence-electron chi connectivity index (χ1n) is 4.54. The van der Waals surface area contributed by atoms with Crippen LogP contribution >= 0.6 is 11.6 Å². The molecule has 16 heavy (non-hydrogen) atoms. The summed E-state index contributed by atoms with van der Waals surface area (Å²) >= 11 is 5.45. The van der Waals surface area contributed by atoms with Crippen LogP contribution in [0.4, 0.5) is 18.9 Å². The third-order valence-corrected chi connectivity index (χ3v) is 2.22. The number of aliphatic imine (C=N–C) groups is 1. The van der Waals surface area contributed by atoms with Gasteiger partial charge in [0, 0.05) is 6.42 Å². The molecule has 1 aromatic carbocycles. The quantitative estimate of drug-likeness (QED) is 0.630. The van der Waals surface area contributed by atoms with Gasteiger partial charge in [0.15, 0.2) is 0 Å². The molecule has 0 radical (unpaired) electrons. The van der Waals surface area contributed by atoms with E-state index in [4.69, 9.17) is 17.3 Å². The van der Waals surface area contributed by atoms with Crippen molar-refractivity contribution in [3.05, 3.63) is 28.8 Å². The van der Waals surface area contributed by atoms with Crippen LogP contribution in [0.1, 0.15) is 18.9 Å². The Labute approximate surface area is 95.9 Å². The Bertz CT molecular complexity index is 413. The van der Waals surface area contributed by atoms with Crippen LogP contribution in [0.15, 0.2) is 23.2 Å². The summed E-state index contributed by atoms with van der Waals surface area (Å²) in [6.07, 6.45) is -4.01. The van der Waals surface area contributed by atoms with E-state index in [1.165, 1.54) is 6.07 Å². The summed E-state index contributed by atoms with van der Waals surface area (Å²) in [5.74, 6) is 0.274. The maximum Gasteiger partial charge on any atom is 0.417 e. The predicted octanol–water partition coefficient (Wildman–Crippen LogP) is 3.76. The van der Waals surface area contributed by atoms with Crippen LogP contribution in [0.25, 0.3) is 0 Å². The first-order chi connectivity index (χ1) is 7.34. The molecule has 0 spiro atoms. The zero-order valence-corrected chi connectivity index (χ0v) is 9.23. The Morgan fingerprint density at radius 1 is 1.44 bits per heavy atom. The fourth-order valence-corrected chi connectivity index (χ4v) is 1.27. The smallest absolute Gasteiger partial charge is 0.387 e. The van der Waals surface area contributed by atoms with Gasteiger partial charge in [-0.1, -0.05) is 18.5 Å². The van der Waals surface area contributed by atoms with E-state index in [0.29, 0.717) is 6.42 Å². The second kappa shape index (κ2) is 4.74. The highest BCUT2D eigenvalue weighted by atomic mass is 35.5. The van der Waals surface area contributed by atoms with Crippen molar-refractivity contribution in [1.29, 1.82) is 0 Å². The molecule has 0 heterocycles. The Morgan fingerprint density at radius 2 is 2.06 bits per heavy atom. The third kappa shape index (κ3) is 3.13. The van der Waals surface area contributed by atoms with Gasteiger partial charge in [0.2, 0.25) is 0 Å². The normalized spacial score (nSPS) is 12.9. The van der Waals surface area contributed by atoms with Gasteiger partial charge in [0.1, 0.15) is 0 Å². The van der Waals surface area contributed by atoms with Gasteiger partial charge >= 0.3 is 6.18 Å². The molecule has 0 aliphatic rings. The Hall–Kier alpha value is -1.23. The second-order valence-corrected chi connectivity index (χ2v) is 3.53. The SMILES string of the molecule is CCC(N)=Nc1ccc(Cl)c(C(F)(F)F)c1. The standard InChI is InChI=1S/C10H10ClF3N2/c1-2-9(15)16-6-3-4-8(11)7(5-6)10(12,13)14/h3-5H,2H2,1H3,(H2,15,16). The molecule has 0 aromatic heterocycles. The zero-order chi connectivity index (χ0) is 12.3. The van der Waals surface area contributed by atoms with Crippen molar-refractivity contribution in [3.63, 3.8) is 0 Å². The molecule has 0 bridgehead atoms. The number of hydrogen-bond acceptors (Lipinski definition) is 1. The van der Waals surface area contributed by atoms with Crippen molar-refractivity contribution >= 4 is 23.1 Å². The molecule has 0 saturated carbocycles. The molecule has 1 aromatic rings. The molecule has 1 rings (SSSR count). The van der Waals surface area contributed by atoms with Crippen molar-refractivity contribution in [2.45, 2.75) is 19.5 Å². The summed E-state index contributed by atoms with van der Waals surface area (Å²) in [4.78, 5) is 3.83. The summed E-state index contributed by atoms with van der Waals surface area (Å²) in [7, 11) is 0. The number of nitrogens with zero attached hydrogens (tertiary/aromatic N) is 1. The lowest BCUT2D eigenvalue weighted by Crippen LogP contribution is -2.09. The topological polar surface area (TPSA) is 38.4 Å². The Kier molecular flexibility index (Phi) is 3.80. The molecule has 6 heteroatoms. The van der Waals surface area contributed by atoms with Crippen LogP contribution in [-0.4, -0.2) is 5.84 Å². The van der Waals surface area contributed by atoms with Gasteiger partial charge in [0.05, 0.1) is 22.1 Å². The van der Waals surface area contributed by atoms with Crippen molar-refractivity contribution < 1.29 is 13.2 Å². The first kappa shape index (κ1) is 12.8. The van der Waals surface area contributed by atoms with Crippen molar-refractivity contribution in [2.75, 3.05) is 0 Å². The number of benzene rings is 1. The summed E-state index contributed by atoms with van der Waals surface area (Å²) in [5.41, 5.74) is 4.68. The van der Waals surface area contributed by atoms with Crippen molar-refractivity contribution in [3.8, 4) is 0 Å². The zero-order valence-electron chi connectivity index (χ0n) is 8.48. The average molecular weight is 251 g/mol. The van der Waals surface area contributed by atoms with Crippen LogP contribution < -0.4 is 5.73 Å². The van der Waals surface area contributed by atoms with Crippen LogP contribution in [0.3, 0.4) is 0 Å². The van der Waals surface area contributed by atoms with E-state index in [9.17, 15) is 13.2 Å². The van der Waals surface area contributed by atoms with Gasteiger partial charge in [-0.3, -0.25) is 0 Å². The molecule has 2 N–H and O–H groups in total. The van der Waals surface area contributed by atoms with Gasteiger partial charge in [-0.25, -0.2) is 4.99 Å². The van der Waals surface area contributed by atoms with E-state index >= 15 is 0 Å². The monoisotopic (exact) mass is 250 g/mol. The minimum atomic E-state index is -4.48. The average Bonchev–Trinajstić information content (AvgIpc) is 2.19. The Morgan fingerprint density at radius 3 is 2.56 bits per heavy atom. The highest BCUT2D eigenvalue weighted by Crippen LogP contribution is 2.36. The van der Waals surface area contributed by atoms with Crippen LogP contribution in [0.5, 0.6) is 0 Å². The highest BCUT2D eigenvalue weighted by Gasteiger charge is 2.33. The second-order valence-electron chi connectivity index (χ2n) is 3.12. The van der Waals surface area contributed by atoms with Crippen molar-refractivity contribution in [2.24, 2.45) is 10.7 Å². The van der Waals surface area contributed by atoms with Crippen LogP contribution in [0, 0.1) is 0 Å². The molecule has 2 nitrogen and oxygen atoms in total. The van der Waals surface area contributed by atoms with Crippen LogP contribution in [0.2, 0.25) is 5.02 Å². The number of amidine groups is 1. The first-order valence-corrected chi connectivity index (χ1v) is 4.92. The predicted molar refractivity (Wildman–Crippen MR) is 58.0 cm³/mol. The third-order valence-electron chi connectivity index (χ3n) is 1.89. The van der Waals surface area contributed by atoms with E-state index in [0.717, 1.165) is 12.1 Å². The number of alkyl halides is 3. The fraction of sp³-hybridized carbons (Fsp3) is 0.300. The minimum Gasteiger partial charge on any atom is -0.387 e. The molecular weight excluding hydrogens is 241 g/mol. The summed E-state index contributed by atoms with van der Waals surface area (Å²) in [5, 5.41) is -0.346. The molecule has 88 valence electrons. The summed E-state index contributed by atoms with van der Waals surface area (Å²) < 4.78 is 37.5. The summed E-state index contributed by atoms with van der Waals surface area (Å²) in [6, 6.07) is 3.43.